The lowest BCUT2D eigenvalue weighted by molar-refractivity contribution is 0.443. The van der Waals surface area contributed by atoms with E-state index >= 15 is 0 Å². The fourth-order valence-electron chi connectivity index (χ4n) is 4.26. The molecule has 1 heteroatoms. The first-order chi connectivity index (χ1) is 11.1. The van der Waals surface area contributed by atoms with Crippen molar-refractivity contribution in [1.29, 1.82) is 0 Å². The van der Waals surface area contributed by atoms with Gasteiger partial charge in [0.25, 0.3) is 0 Å². The maximum Gasteiger partial charge on any atom is 0.147 e. The van der Waals surface area contributed by atoms with E-state index in [9.17, 15) is 0 Å². The maximum absolute atomic E-state index is 4.52. The van der Waals surface area contributed by atoms with Crippen LogP contribution in [0.5, 0.6) is 0 Å². The third-order valence-corrected chi connectivity index (χ3v) is 9.32. The summed E-state index contributed by atoms with van der Waals surface area (Å²) in [5.41, 5.74) is 4.28. The lowest BCUT2D eigenvalue weighted by Gasteiger charge is -2.31. The molecule has 1 aliphatic carbocycles. The Morgan fingerprint density at radius 3 is 2.09 bits per heavy atom. The van der Waals surface area contributed by atoms with E-state index in [1.54, 1.807) is 5.56 Å². The predicted molar refractivity (Wildman–Crippen MR) is 106 cm³/mol. The topological polar surface area (TPSA) is 0 Å². The molecule has 0 nitrogen and oxygen atoms in total. The molecule has 0 unspecified atom stereocenters. The average molecular weight is 330 g/mol. The lowest BCUT2D eigenvalue weighted by Crippen LogP contribution is -2.39. The quantitative estimate of drug-likeness (QED) is 0.566. The highest BCUT2D eigenvalue weighted by Gasteiger charge is 2.42. The van der Waals surface area contributed by atoms with Gasteiger partial charge in [0.1, 0.15) is 16.3 Å². The Bertz CT molecular complexity index is 513. The van der Waals surface area contributed by atoms with Crippen LogP contribution in [0.15, 0.2) is 30.8 Å². The molecular formula is C22H33S+. The van der Waals surface area contributed by atoms with Gasteiger partial charge in [0.2, 0.25) is 0 Å². The summed E-state index contributed by atoms with van der Waals surface area (Å²) in [7, 11) is 0.505. The largest absolute Gasteiger partial charge is 0.147 e. The van der Waals surface area contributed by atoms with Gasteiger partial charge in [0.05, 0.1) is 0 Å². The summed E-state index contributed by atoms with van der Waals surface area (Å²) in [6, 6.07) is 9.47. The first-order valence-electron chi connectivity index (χ1n) is 9.56. The van der Waals surface area contributed by atoms with Crippen LogP contribution in [0.4, 0.5) is 0 Å². The van der Waals surface area contributed by atoms with Crippen molar-refractivity contribution in [3.05, 3.63) is 42.0 Å². The zero-order valence-electron chi connectivity index (χ0n) is 15.1. The van der Waals surface area contributed by atoms with Crippen molar-refractivity contribution in [2.75, 3.05) is 11.5 Å². The highest BCUT2D eigenvalue weighted by molar-refractivity contribution is 7.98. The molecule has 126 valence electrons. The summed E-state index contributed by atoms with van der Waals surface area (Å²) in [5.74, 6) is 3.62. The summed E-state index contributed by atoms with van der Waals surface area (Å²) in [6.45, 7) is 9.38. The Morgan fingerprint density at radius 1 is 0.913 bits per heavy atom. The second-order valence-corrected chi connectivity index (χ2v) is 10.7. The van der Waals surface area contributed by atoms with Crippen molar-refractivity contribution in [1.82, 2.24) is 0 Å². The Kier molecular flexibility index (Phi) is 5.57. The van der Waals surface area contributed by atoms with Gasteiger partial charge in [-0.25, -0.2) is 0 Å². The molecule has 0 spiro atoms. The lowest BCUT2D eigenvalue weighted by atomic mass is 9.83. The second kappa shape index (κ2) is 7.47. The number of rotatable bonds is 4. The zero-order chi connectivity index (χ0) is 16.3. The van der Waals surface area contributed by atoms with Crippen LogP contribution in [0.25, 0.3) is 5.57 Å². The Hall–Kier alpha value is -0.690. The first kappa shape index (κ1) is 17.1. The molecule has 2 aliphatic rings. The molecule has 0 aromatic heterocycles. The van der Waals surface area contributed by atoms with Crippen LogP contribution < -0.4 is 0 Å². The highest BCUT2D eigenvalue weighted by atomic mass is 32.2. The van der Waals surface area contributed by atoms with Crippen LogP contribution in [0, 0.1) is 0 Å². The van der Waals surface area contributed by atoms with Crippen molar-refractivity contribution in [2.45, 2.75) is 75.9 Å². The van der Waals surface area contributed by atoms with Crippen LogP contribution in [-0.2, 0) is 10.9 Å². The van der Waals surface area contributed by atoms with Gasteiger partial charge in [-0.1, -0.05) is 50.1 Å². The van der Waals surface area contributed by atoms with Gasteiger partial charge in [-0.05, 0) is 73.9 Å². The van der Waals surface area contributed by atoms with E-state index in [-0.39, 0.29) is 4.75 Å². The molecule has 0 amide bonds. The van der Waals surface area contributed by atoms with Crippen molar-refractivity contribution in [3.63, 3.8) is 0 Å². The molecule has 0 atom stereocenters. The third kappa shape index (κ3) is 3.87. The standard InChI is InChI=1S/C22H33S/c1-18(22(2,3)23-16-8-5-9-17-23)19-12-14-21(15-13-19)20-10-6-4-7-11-20/h12-15,20H,1,4-11,16-17H2,2-3H3/q+1. The van der Waals surface area contributed by atoms with E-state index in [4.69, 9.17) is 0 Å². The molecule has 1 aromatic rings. The highest BCUT2D eigenvalue weighted by Crippen LogP contribution is 2.38. The zero-order valence-corrected chi connectivity index (χ0v) is 15.9. The first-order valence-corrected chi connectivity index (χ1v) is 11.1. The summed E-state index contributed by atoms with van der Waals surface area (Å²) in [4.78, 5) is 0. The van der Waals surface area contributed by atoms with Crippen LogP contribution in [-0.4, -0.2) is 16.3 Å². The minimum absolute atomic E-state index is 0.257. The molecule has 0 radical (unpaired) electrons. The molecule has 1 aliphatic heterocycles. The maximum atomic E-state index is 4.52. The van der Waals surface area contributed by atoms with Gasteiger partial charge in [-0.2, -0.15) is 0 Å². The Labute approximate surface area is 146 Å². The van der Waals surface area contributed by atoms with Crippen LogP contribution in [0.1, 0.15) is 82.3 Å². The van der Waals surface area contributed by atoms with Crippen molar-refractivity contribution >= 4 is 16.5 Å². The van der Waals surface area contributed by atoms with E-state index in [1.807, 2.05) is 0 Å². The van der Waals surface area contributed by atoms with Gasteiger partial charge in [0.15, 0.2) is 0 Å². The fourth-order valence-corrected chi connectivity index (χ4v) is 7.05. The Balaban J connectivity index is 1.71. The molecule has 1 saturated heterocycles. The molecule has 1 saturated carbocycles. The molecule has 0 bridgehead atoms. The molecule has 0 N–H and O–H groups in total. The van der Waals surface area contributed by atoms with Crippen LogP contribution in [0.3, 0.4) is 0 Å². The van der Waals surface area contributed by atoms with E-state index in [0.717, 1.165) is 5.92 Å². The molecule has 3 rings (SSSR count). The van der Waals surface area contributed by atoms with Gasteiger partial charge >= 0.3 is 0 Å². The summed E-state index contributed by atoms with van der Waals surface area (Å²) in [5, 5.41) is 0. The number of hydrogen-bond donors (Lipinski definition) is 0. The monoisotopic (exact) mass is 329 g/mol. The van der Waals surface area contributed by atoms with Gasteiger partial charge < -0.3 is 0 Å². The van der Waals surface area contributed by atoms with E-state index in [2.05, 4.69) is 44.7 Å². The normalized spacial score (nSPS) is 21.3. The van der Waals surface area contributed by atoms with Crippen LogP contribution >= 0.6 is 0 Å². The molecular weight excluding hydrogens is 296 g/mol. The molecule has 2 fully saturated rings. The minimum Gasteiger partial charge on any atom is -0.0900 e. The fraction of sp³-hybridized carbons (Fsp3) is 0.636. The molecule has 1 heterocycles. The molecule has 1 aromatic carbocycles. The smallest absolute Gasteiger partial charge is 0.0900 e. The van der Waals surface area contributed by atoms with Crippen molar-refractivity contribution in [2.24, 2.45) is 0 Å². The second-order valence-electron chi connectivity index (χ2n) is 7.91. The van der Waals surface area contributed by atoms with Gasteiger partial charge in [0, 0.05) is 5.57 Å². The minimum atomic E-state index is 0.257. The summed E-state index contributed by atoms with van der Waals surface area (Å²) >= 11 is 0. The third-order valence-electron chi connectivity index (χ3n) is 6.07. The summed E-state index contributed by atoms with van der Waals surface area (Å²) < 4.78 is 0.257. The van der Waals surface area contributed by atoms with Crippen LogP contribution in [0.2, 0.25) is 0 Å². The predicted octanol–water partition coefficient (Wildman–Crippen LogP) is 6.33. The Morgan fingerprint density at radius 2 is 1.48 bits per heavy atom. The van der Waals surface area contributed by atoms with Gasteiger partial charge in [-0.15, -0.1) is 0 Å². The van der Waals surface area contributed by atoms with E-state index in [1.165, 1.54) is 74.0 Å². The number of benzene rings is 1. The molecule has 23 heavy (non-hydrogen) atoms. The van der Waals surface area contributed by atoms with E-state index < -0.39 is 0 Å². The summed E-state index contributed by atoms with van der Waals surface area (Å²) in [6.07, 6.45) is 11.3. The van der Waals surface area contributed by atoms with Crippen molar-refractivity contribution in [3.8, 4) is 0 Å². The van der Waals surface area contributed by atoms with E-state index in [0.29, 0.717) is 10.9 Å². The van der Waals surface area contributed by atoms with Gasteiger partial charge in [-0.3, -0.25) is 0 Å². The average Bonchev–Trinajstić information content (AvgIpc) is 2.63. The SMILES string of the molecule is C=C(c1ccc(C2CCCCC2)cc1)C(C)(C)[S+]1CCCCC1. The van der Waals surface area contributed by atoms with Crippen molar-refractivity contribution < 1.29 is 0 Å². The number of hydrogen-bond acceptors (Lipinski definition) is 0.